The SMILES string of the molecule is O=C1c2ccccc2CC12C(c1ccccc1)=Nc1ccccc12. The molecule has 1 heterocycles. The van der Waals surface area contributed by atoms with Crippen LogP contribution in [0.15, 0.2) is 83.9 Å². The van der Waals surface area contributed by atoms with Crippen LogP contribution in [0, 0.1) is 0 Å². The number of fused-ring (bicyclic) bond motifs is 3. The number of rotatable bonds is 1. The largest absolute Gasteiger partial charge is 0.293 e. The van der Waals surface area contributed by atoms with Crippen molar-refractivity contribution >= 4 is 17.2 Å². The van der Waals surface area contributed by atoms with Crippen molar-refractivity contribution in [3.63, 3.8) is 0 Å². The maximum Gasteiger partial charge on any atom is 0.180 e. The molecule has 2 heteroatoms. The van der Waals surface area contributed by atoms with Crippen LogP contribution >= 0.6 is 0 Å². The molecule has 3 aromatic rings. The highest BCUT2D eigenvalue weighted by molar-refractivity contribution is 6.31. The summed E-state index contributed by atoms with van der Waals surface area (Å²) in [5, 5.41) is 0. The highest BCUT2D eigenvalue weighted by Gasteiger charge is 2.54. The van der Waals surface area contributed by atoms with E-state index in [2.05, 4.69) is 12.1 Å². The molecule has 0 aromatic heterocycles. The minimum atomic E-state index is -0.679. The average molecular weight is 309 g/mol. The minimum absolute atomic E-state index is 0.172. The Labute approximate surface area is 140 Å². The molecule has 0 bridgehead atoms. The van der Waals surface area contributed by atoms with Gasteiger partial charge in [-0.3, -0.25) is 9.79 Å². The fourth-order valence-corrected chi connectivity index (χ4v) is 4.08. The Hall–Kier alpha value is -3.00. The van der Waals surface area contributed by atoms with Crippen LogP contribution in [-0.4, -0.2) is 11.5 Å². The predicted octanol–water partition coefficient (Wildman–Crippen LogP) is 4.50. The maximum atomic E-state index is 13.5. The lowest BCUT2D eigenvalue weighted by atomic mass is 9.72. The number of hydrogen-bond acceptors (Lipinski definition) is 2. The van der Waals surface area contributed by atoms with E-state index in [1.165, 1.54) is 0 Å². The van der Waals surface area contributed by atoms with E-state index < -0.39 is 5.41 Å². The number of benzene rings is 3. The normalized spacial score (nSPS) is 20.8. The molecule has 1 aliphatic carbocycles. The van der Waals surface area contributed by atoms with Gasteiger partial charge >= 0.3 is 0 Å². The second kappa shape index (κ2) is 4.75. The van der Waals surface area contributed by atoms with Crippen molar-refractivity contribution in [1.29, 1.82) is 0 Å². The van der Waals surface area contributed by atoms with Crippen LogP contribution in [0.4, 0.5) is 5.69 Å². The number of aliphatic imine (C=N–C) groups is 1. The van der Waals surface area contributed by atoms with E-state index in [4.69, 9.17) is 4.99 Å². The Balaban J connectivity index is 1.80. The van der Waals surface area contributed by atoms with Gasteiger partial charge in [-0.1, -0.05) is 72.8 Å². The molecule has 0 N–H and O–H groups in total. The van der Waals surface area contributed by atoms with Gasteiger partial charge in [-0.2, -0.15) is 0 Å². The quantitative estimate of drug-likeness (QED) is 0.651. The molecule has 24 heavy (non-hydrogen) atoms. The number of ketones is 1. The fraction of sp³-hybridized carbons (Fsp3) is 0.0909. The molecular weight excluding hydrogens is 294 g/mol. The third-order valence-electron chi connectivity index (χ3n) is 5.15. The number of carbonyl (C=O) groups is 1. The van der Waals surface area contributed by atoms with Crippen LogP contribution in [0.1, 0.15) is 27.0 Å². The summed E-state index contributed by atoms with van der Waals surface area (Å²) < 4.78 is 0. The second-order valence-electron chi connectivity index (χ2n) is 6.41. The zero-order valence-corrected chi connectivity index (χ0v) is 13.1. The van der Waals surface area contributed by atoms with Crippen molar-refractivity contribution in [3.8, 4) is 0 Å². The van der Waals surface area contributed by atoms with Crippen LogP contribution in [0.2, 0.25) is 0 Å². The third-order valence-corrected chi connectivity index (χ3v) is 5.15. The lowest BCUT2D eigenvalue weighted by Crippen LogP contribution is -2.40. The molecule has 0 saturated heterocycles. The summed E-state index contributed by atoms with van der Waals surface area (Å²) in [5.74, 6) is 0.172. The van der Waals surface area contributed by atoms with Gasteiger partial charge in [-0.05, 0) is 29.2 Å². The number of carbonyl (C=O) groups excluding carboxylic acids is 1. The zero-order chi connectivity index (χ0) is 16.1. The molecule has 0 saturated carbocycles. The lowest BCUT2D eigenvalue weighted by molar-refractivity contribution is 0.0947. The summed E-state index contributed by atoms with van der Waals surface area (Å²) in [5.41, 5.74) is 5.12. The summed E-state index contributed by atoms with van der Waals surface area (Å²) in [6.45, 7) is 0. The predicted molar refractivity (Wildman–Crippen MR) is 95.2 cm³/mol. The van der Waals surface area contributed by atoms with Gasteiger partial charge in [0.2, 0.25) is 0 Å². The van der Waals surface area contributed by atoms with Crippen LogP contribution < -0.4 is 0 Å². The van der Waals surface area contributed by atoms with E-state index >= 15 is 0 Å². The van der Waals surface area contributed by atoms with E-state index in [1.54, 1.807) is 0 Å². The smallest absolute Gasteiger partial charge is 0.180 e. The summed E-state index contributed by atoms with van der Waals surface area (Å²) in [7, 11) is 0. The summed E-state index contributed by atoms with van der Waals surface area (Å²) in [6.07, 6.45) is 0.687. The topological polar surface area (TPSA) is 29.4 Å². The molecule has 1 atom stereocenters. The minimum Gasteiger partial charge on any atom is -0.293 e. The molecule has 1 unspecified atom stereocenters. The highest BCUT2D eigenvalue weighted by Crippen LogP contribution is 2.50. The maximum absolute atomic E-state index is 13.5. The first-order valence-electron chi connectivity index (χ1n) is 8.17. The Kier molecular flexibility index (Phi) is 2.66. The molecule has 114 valence electrons. The average Bonchev–Trinajstić information content (AvgIpc) is 3.13. The van der Waals surface area contributed by atoms with E-state index in [-0.39, 0.29) is 5.78 Å². The first-order valence-corrected chi connectivity index (χ1v) is 8.17. The van der Waals surface area contributed by atoms with Crippen molar-refractivity contribution in [3.05, 3.63) is 101 Å². The van der Waals surface area contributed by atoms with Gasteiger partial charge in [0.15, 0.2) is 5.78 Å². The van der Waals surface area contributed by atoms with E-state index in [0.29, 0.717) is 6.42 Å². The monoisotopic (exact) mass is 309 g/mol. The number of hydrogen-bond donors (Lipinski definition) is 0. The van der Waals surface area contributed by atoms with Gasteiger partial charge in [-0.25, -0.2) is 0 Å². The lowest BCUT2D eigenvalue weighted by Gasteiger charge is -2.25. The van der Waals surface area contributed by atoms with E-state index in [0.717, 1.165) is 33.7 Å². The van der Waals surface area contributed by atoms with Crippen LogP contribution in [0.5, 0.6) is 0 Å². The first-order chi connectivity index (χ1) is 11.8. The summed E-state index contributed by atoms with van der Waals surface area (Å²) >= 11 is 0. The van der Waals surface area contributed by atoms with Crippen LogP contribution in [-0.2, 0) is 11.8 Å². The number of nitrogens with zero attached hydrogens (tertiary/aromatic N) is 1. The van der Waals surface area contributed by atoms with Gasteiger partial charge in [0.25, 0.3) is 0 Å². The van der Waals surface area contributed by atoms with Gasteiger partial charge in [-0.15, -0.1) is 0 Å². The summed E-state index contributed by atoms with van der Waals surface area (Å²) in [4.78, 5) is 18.4. The molecule has 0 fully saturated rings. The molecule has 0 radical (unpaired) electrons. The molecule has 2 nitrogen and oxygen atoms in total. The second-order valence-corrected chi connectivity index (χ2v) is 6.41. The standard InChI is InChI=1S/C22H15NO/c24-21-17-11-5-4-10-16(17)14-22(21)18-12-6-7-13-19(18)23-20(22)15-8-2-1-3-9-15/h1-13H,14H2. The van der Waals surface area contributed by atoms with Gasteiger partial charge in [0.1, 0.15) is 5.41 Å². The van der Waals surface area contributed by atoms with Crippen molar-refractivity contribution < 1.29 is 4.79 Å². The van der Waals surface area contributed by atoms with Crippen molar-refractivity contribution in [2.45, 2.75) is 11.8 Å². The van der Waals surface area contributed by atoms with Gasteiger partial charge < -0.3 is 0 Å². The van der Waals surface area contributed by atoms with E-state index in [9.17, 15) is 4.79 Å². The number of Topliss-reactive ketones (excluding diaryl/α,β-unsaturated/α-hetero) is 1. The Bertz CT molecular complexity index is 1000. The van der Waals surface area contributed by atoms with Crippen molar-refractivity contribution in [1.82, 2.24) is 0 Å². The number of para-hydroxylation sites is 1. The van der Waals surface area contributed by atoms with Crippen LogP contribution in [0.25, 0.3) is 0 Å². The highest BCUT2D eigenvalue weighted by atomic mass is 16.1. The first kappa shape index (κ1) is 13.4. The Morgan fingerprint density at radius 3 is 2.33 bits per heavy atom. The molecule has 1 spiro atoms. The Morgan fingerprint density at radius 2 is 1.50 bits per heavy atom. The Morgan fingerprint density at radius 1 is 0.792 bits per heavy atom. The summed E-state index contributed by atoms with van der Waals surface area (Å²) in [6, 6.07) is 26.1. The fourth-order valence-electron chi connectivity index (χ4n) is 4.08. The molecule has 5 rings (SSSR count). The molecular formula is C22H15NO. The van der Waals surface area contributed by atoms with Gasteiger partial charge in [0, 0.05) is 5.56 Å². The van der Waals surface area contributed by atoms with Crippen molar-refractivity contribution in [2.75, 3.05) is 0 Å². The van der Waals surface area contributed by atoms with Crippen LogP contribution in [0.3, 0.4) is 0 Å². The molecule has 2 aliphatic rings. The third kappa shape index (κ3) is 1.60. The molecule has 0 amide bonds. The van der Waals surface area contributed by atoms with E-state index in [1.807, 2.05) is 66.7 Å². The zero-order valence-electron chi connectivity index (χ0n) is 13.1. The molecule has 3 aromatic carbocycles. The van der Waals surface area contributed by atoms with Crippen molar-refractivity contribution in [2.24, 2.45) is 4.99 Å². The van der Waals surface area contributed by atoms with Gasteiger partial charge in [0.05, 0.1) is 11.4 Å². The molecule has 1 aliphatic heterocycles.